The molecule has 1 saturated heterocycles. The molecule has 27 heavy (non-hydrogen) atoms. The zero-order chi connectivity index (χ0) is 19.6. The zero-order valence-corrected chi connectivity index (χ0v) is 15.9. The first-order valence-corrected chi connectivity index (χ1v) is 10.2. The lowest BCUT2D eigenvalue weighted by Crippen LogP contribution is -2.52. The molecular formula is C18H23N5O3S. The summed E-state index contributed by atoms with van der Waals surface area (Å²) >= 11 is 0. The van der Waals surface area contributed by atoms with Crippen molar-refractivity contribution in [3.8, 4) is 6.07 Å². The number of nitrogens with zero attached hydrogens (tertiary/aromatic N) is 3. The van der Waals surface area contributed by atoms with E-state index >= 15 is 0 Å². The SMILES string of the molecule is CC1CN(C2=C(C#N)C(S(=O)(=O)O)NC=C2)CCN1c1cccc(CN)c1. The molecule has 0 bridgehead atoms. The number of nitrogens with one attached hydrogen (secondary N) is 1. The van der Waals surface area contributed by atoms with Gasteiger partial charge >= 0.3 is 0 Å². The van der Waals surface area contributed by atoms with Gasteiger partial charge in [0.25, 0.3) is 10.1 Å². The molecule has 0 aliphatic carbocycles. The maximum atomic E-state index is 11.6. The first-order chi connectivity index (χ1) is 12.8. The number of nitriles is 1. The highest BCUT2D eigenvalue weighted by Gasteiger charge is 2.34. The van der Waals surface area contributed by atoms with E-state index in [9.17, 15) is 18.2 Å². The van der Waals surface area contributed by atoms with Gasteiger partial charge in [-0.2, -0.15) is 13.7 Å². The Balaban J connectivity index is 1.84. The predicted octanol–water partition coefficient (Wildman–Crippen LogP) is 0.764. The summed E-state index contributed by atoms with van der Waals surface area (Å²) in [6, 6.07) is 10.2. The monoisotopic (exact) mass is 389 g/mol. The average molecular weight is 389 g/mol. The van der Waals surface area contributed by atoms with Gasteiger partial charge in [0.1, 0.15) is 6.07 Å². The van der Waals surface area contributed by atoms with Crippen LogP contribution in [0.5, 0.6) is 0 Å². The third-order valence-corrected chi connectivity index (χ3v) is 5.86. The quantitative estimate of drug-likeness (QED) is 0.645. The molecule has 0 radical (unpaired) electrons. The first kappa shape index (κ1) is 19.2. The summed E-state index contributed by atoms with van der Waals surface area (Å²) in [5, 5.41) is 10.6. The van der Waals surface area contributed by atoms with Gasteiger partial charge < -0.3 is 20.9 Å². The fraction of sp³-hybridized carbons (Fsp3) is 0.389. The highest BCUT2D eigenvalue weighted by Crippen LogP contribution is 2.27. The van der Waals surface area contributed by atoms with Gasteiger partial charge in [-0.25, -0.2) is 0 Å². The molecule has 4 N–H and O–H groups in total. The third-order valence-electron chi connectivity index (χ3n) is 4.89. The van der Waals surface area contributed by atoms with Crippen LogP contribution in [0.4, 0.5) is 5.69 Å². The van der Waals surface area contributed by atoms with E-state index in [1.807, 2.05) is 29.2 Å². The molecule has 9 heteroatoms. The second-order valence-corrected chi connectivity index (χ2v) is 8.17. The second kappa shape index (κ2) is 7.60. The summed E-state index contributed by atoms with van der Waals surface area (Å²) in [4.78, 5) is 4.26. The van der Waals surface area contributed by atoms with Gasteiger partial charge in [-0.05, 0) is 36.9 Å². The Morgan fingerprint density at radius 1 is 1.41 bits per heavy atom. The van der Waals surface area contributed by atoms with Gasteiger partial charge in [-0.3, -0.25) is 4.55 Å². The van der Waals surface area contributed by atoms with Crippen LogP contribution >= 0.6 is 0 Å². The molecular weight excluding hydrogens is 366 g/mol. The van der Waals surface area contributed by atoms with E-state index in [4.69, 9.17) is 5.73 Å². The molecule has 2 aliphatic heterocycles. The third kappa shape index (κ3) is 3.93. The number of benzene rings is 1. The van der Waals surface area contributed by atoms with E-state index in [1.54, 1.807) is 6.08 Å². The lowest BCUT2D eigenvalue weighted by Gasteiger charge is -2.43. The van der Waals surface area contributed by atoms with Gasteiger partial charge in [-0.1, -0.05) is 12.1 Å². The second-order valence-electron chi connectivity index (χ2n) is 6.67. The smallest absolute Gasteiger partial charge is 0.291 e. The topological polar surface area (TPSA) is 123 Å². The lowest BCUT2D eigenvalue weighted by atomic mass is 10.1. The minimum atomic E-state index is -4.43. The summed E-state index contributed by atoms with van der Waals surface area (Å²) < 4.78 is 32.6. The van der Waals surface area contributed by atoms with Crippen LogP contribution < -0.4 is 16.0 Å². The van der Waals surface area contributed by atoms with Crippen LogP contribution in [0.1, 0.15) is 12.5 Å². The maximum Gasteiger partial charge on any atom is 0.291 e. The first-order valence-electron chi connectivity index (χ1n) is 8.69. The molecule has 144 valence electrons. The summed E-state index contributed by atoms with van der Waals surface area (Å²) in [5.74, 6) is 0. The molecule has 8 nitrogen and oxygen atoms in total. The molecule has 1 aromatic carbocycles. The Morgan fingerprint density at radius 2 is 2.19 bits per heavy atom. The van der Waals surface area contributed by atoms with Crippen molar-refractivity contribution in [3.05, 3.63) is 53.4 Å². The molecule has 1 fully saturated rings. The minimum absolute atomic E-state index is 0.00535. The van der Waals surface area contributed by atoms with Crippen molar-refractivity contribution in [2.45, 2.75) is 24.9 Å². The number of dihydropyridines is 1. The predicted molar refractivity (Wildman–Crippen MR) is 103 cm³/mol. The molecule has 2 atom stereocenters. The van der Waals surface area contributed by atoms with Crippen molar-refractivity contribution in [1.82, 2.24) is 10.2 Å². The van der Waals surface area contributed by atoms with E-state index in [0.29, 0.717) is 25.3 Å². The van der Waals surface area contributed by atoms with Gasteiger partial charge in [0, 0.05) is 37.9 Å². The van der Waals surface area contributed by atoms with E-state index in [1.165, 1.54) is 6.20 Å². The Hall–Kier alpha value is -2.54. The standard InChI is InChI=1S/C18H23N5O3S/c1-13-12-22(7-8-23(13)15-4-2-3-14(9-15)10-19)17-5-6-21-18(16(17)11-20)27(24,25)26/h2-6,9,13,18,21H,7-8,10,12,19H2,1H3,(H,24,25,26). The zero-order valence-electron chi connectivity index (χ0n) is 15.0. The van der Waals surface area contributed by atoms with Crippen molar-refractivity contribution >= 4 is 15.8 Å². The number of rotatable bonds is 4. The molecule has 1 aromatic rings. The molecule has 3 rings (SSSR count). The summed E-state index contributed by atoms with van der Waals surface area (Å²) in [6.07, 6.45) is 3.13. The molecule has 2 aliphatic rings. The lowest BCUT2D eigenvalue weighted by molar-refractivity contribution is 0.287. The molecule has 0 saturated carbocycles. The number of hydrogen-bond donors (Lipinski definition) is 3. The largest absolute Gasteiger partial charge is 0.369 e. The van der Waals surface area contributed by atoms with Crippen LogP contribution in [0.25, 0.3) is 0 Å². The molecule has 2 unspecified atom stereocenters. The summed E-state index contributed by atoms with van der Waals surface area (Å²) in [5.41, 5.74) is 8.43. The van der Waals surface area contributed by atoms with Crippen molar-refractivity contribution < 1.29 is 13.0 Å². The number of hydrogen-bond acceptors (Lipinski definition) is 7. The molecule has 0 aromatic heterocycles. The Morgan fingerprint density at radius 3 is 2.81 bits per heavy atom. The number of piperazine rings is 1. The van der Waals surface area contributed by atoms with Crippen molar-refractivity contribution in [3.63, 3.8) is 0 Å². The fourth-order valence-corrected chi connectivity index (χ4v) is 4.29. The van der Waals surface area contributed by atoms with Crippen LogP contribution in [-0.2, 0) is 16.7 Å². The minimum Gasteiger partial charge on any atom is -0.369 e. The van der Waals surface area contributed by atoms with Crippen LogP contribution in [-0.4, -0.2) is 48.9 Å². The highest BCUT2D eigenvalue weighted by atomic mass is 32.2. The van der Waals surface area contributed by atoms with E-state index in [-0.39, 0.29) is 11.6 Å². The van der Waals surface area contributed by atoms with Gasteiger partial charge in [0.05, 0.1) is 11.3 Å². The summed E-state index contributed by atoms with van der Waals surface area (Å²) in [6.45, 7) is 4.53. The Bertz CT molecular complexity index is 919. The van der Waals surface area contributed by atoms with Crippen molar-refractivity contribution in [2.24, 2.45) is 5.73 Å². The molecule has 0 amide bonds. The van der Waals surface area contributed by atoms with Gasteiger partial charge in [0.2, 0.25) is 0 Å². The Labute approximate surface area is 159 Å². The average Bonchev–Trinajstić information content (AvgIpc) is 2.66. The number of allylic oxidation sites excluding steroid dienone is 1. The normalized spacial score (nSPS) is 23.2. The highest BCUT2D eigenvalue weighted by molar-refractivity contribution is 7.86. The maximum absolute atomic E-state index is 11.6. The van der Waals surface area contributed by atoms with E-state index in [0.717, 1.165) is 17.8 Å². The van der Waals surface area contributed by atoms with Crippen LogP contribution in [0.3, 0.4) is 0 Å². The van der Waals surface area contributed by atoms with Crippen LogP contribution in [0.15, 0.2) is 47.8 Å². The fourth-order valence-electron chi connectivity index (χ4n) is 3.57. The number of nitrogens with two attached hydrogens (primary N) is 1. The van der Waals surface area contributed by atoms with Crippen LogP contribution in [0.2, 0.25) is 0 Å². The summed E-state index contributed by atoms with van der Waals surface area (Å²) in [7, 11) is -4.43. The molecule has 2 heterocycles. The number of anilines is 1. The Kier molecular flexibility index (Phi) is 5.41. The van der Waals surface area contributed by atoms with Crippen molar-refractivity contribution in [1.29, 1.82) is 5.26 Å². The van der Waals surface area contributed by atoms with Crippen LogP contribution in [0, 0.1) is 11.3 Å². The van der Waals surface area contributed by atoms with E-state index in [2.05, 4.69) is 23.2 Å². The van der Waals surface area contributed by atoms with Gasteiger partial charge in [-0.15, -0.1) is 0 Å². The van der Waals surface area contributed by atoms with Crippen molar-refractivity contribution in [2.75, 3.05) is 24.5 Å². The van der Waals surface area contributed by atoms with Gasteiger partial charge in [0.15, 0.2) is 5.37 Å². The van der Waals surface area contributed by atoms with E-state index < -0.39 is 15.5 Å². The molecule has 0 spiro atoms.